The number of fused-ring (bicyclic) bond motifs is 1. The summed E-state index contributed by atoms with van der Waals surface area (Å²) < 4.78 is 0. The minimum absolute atomic E-state index is 0.150. The molecule has 28 heavy (non-hydrogen) atoms. The monoisotopic (exact) mass is 392 g/mol. The van der Waals surface area contributed by atoms with E-state index in [1.165, 1.54) is 17.5 Å². The van der Waals surface area contributed by atoms with E-state index in [-0.39, 0.29) is 11.8 Å². The first-order chi connectivity index (χ1) is 13.6. The van der Waals surface area contributed by atoms with Crippen LogP contribution in [0.5, 0.6) is 0 Å². The molecule has 0 saturated heterocycles. The summed E-state index contributed by atoms with van der Waals surface area (Å²) in [6.07, 6.45) is 4.51. The molecule has 3 aromatic rings. The van der Waals surface area contributed by atoms with Crippen molar-refractivity contribution in [1.29, 1.82) is 0 Å². The second kappa shape index (κ2) is 7.52. The second-order valence-electron chi connectivity index (χ2n) is 6.61. The summed E-state index contributed by atoms with van der Waals surface area (Å²) >= 11 is 1.45. The molecule has 2 amide bonds. The van der Waals surface area contributed by atoms with Gasteiger partial charge in [-0.1, -0.05) is 13.0 Å². The number of pyridine rings is 1. The molecule has 6 nitrogen and oxygen atoms in total. The Morgan fingerprint density at radius 3 is 2.89 bits per heavy atom. The molecule has 0 aliphatic carbocycles. The zero-order chi connectivity index (χ0) is 19.7. The van der Waals surface area contributed by atoms with Crippen molar-refractivity contribution in [1.82, 2.24) is 9.97 Å². The smallest absolute Gasteiger partial charge is 0.259 e. The van der Waals surface area contributed by atoms with Crippen LogP contribution < -0.4 is 10.2 Å². The van der Waals surface area contributed by atoms with Crippen LogP contribution in [0.3, 0.4) is 0 Å². The standard InChI is InChI=1S/C21H20N4O2S/c1-3-18(26)25-10-8-14-11-15(6-7-17(14)25)19-13(2)28-21(23-19)24-20(27)16-5-4-9-22-12-16/h4-7,9,11-12H,3,8,10H2,1-2H3,(H,23,24,27). The van der Waals surface area contributed by atoms with Crippen LogP contribution in [0, 0.1) is 6.92 Å². The SMILES string of the molecule is CCC(=O)N1CCc2cc(-c3nc(NC(=O)c4cccnc4)sc3C)ccc21. The molecule has 0 bridgehead atoms. The van der Waals surface area contributed by atoms with E-state index in [0.29, 0.717) is 17.1 Å². The average molecular weight is 392 g/mol. The van der Waals surface area contributed by atoms with E-state index < -0.39 is 0 Å². The lowest BCUT2D eigenvalue weighted by Crippen LogP contribution is -2.27. The molecule has 4 rings (SSSR count). The van der Waals surface area contributed by atoms with Gasteiger partial charge in [-0.15, -0.1) is 11.3 Å². The summed E-state index contributed by atoms with van der Waals surface area (Å²) in [6, 6.07) is 9.54. The van der Waals surface area contributed by atoms with Crippen molar-refractivity contribution in [2.24, 2.45) is 0 Å². The van der Waals surface area contributed by atoms with Gasteiger partial charge in [-0.25, -0.2) is 4.98 Å². The quantitative estimate of drug-likeness (QED) is 0.726. The molecule has 1 aliphatic rings. The van der Waals surface area contributed by atoms with Gasteiger partial charge in [0, 0.05) is 41.5 Å². The molecule has 142 valence electrons. The van der Waals surface area contributed by atoms with Gasteiger partial charge in [0.1, 0.15) is 0 Å². The van der Waals surface area contributed by atoms with E-state index in [9.17, 15) is 9.59 Å². The number of carbonyl (C=O) groups is 2. The molecular weight excluding hydrogens is 372 g/mol. The number of carbonyl (C=O) groups excluding carboxylic acids is 2. The van der Waals surface area contributed by atoms with E-state index in [1.807, 2.05) is 30.9 Å². The van der Waals surface area contributed by atoms with Crippen LogP contribution in [0.4, 0.5) is 10.8 Å². The van der Waals surface area contributed by atoms with Gasteiger partial charge in [-0.3, -0.25) is 19.9 Å². The molecule has 0 saturated carbocycles. The number of rotatable bonds is 4. The van der Waals surface area contributed by atoms with Gasteiger partial charge in [-0.2, -0.15) is 0 Å². The molecular formula is C21H20N4O2S. The van der Waals surface area contributed by atoms with E-state index in [2.05, 4.69) is 21.4 Å². The van der Waals surface area contributed by atoms with Crippen molar-refractivity contribution in [3.05, 3.63) is 58.7 Å². The summed E-state index contributed by atoms with van der Waals surface area (Å²) in [5.74, 6) is -0.0761. The zero-order valence-electron chi connectivity index (χ0n) is 15.7. The van der Waals surface area contributed by atoms with Gasteiger partial charge in [0.25, 0.3) is 5.91 Å². The molecule has 1 aromatic carbocycles. The molecule has 1 N–H and O–H groups in total. The number of aryl methyl sites for hydroxylation is 1. The molecule has 0 unspecified atom stereocenters. The second-order valence-corrected chi connectivity index (χ2v) is 7.82. The van der Waals surface area contributed by atoms with Crippen LogP contribution >= 0.6 is 11.3 Å². The van der Waals surface area contributed by atoms with E-state index >= 15 is 0 Å². The third kappa shape index (κ3) is 3.41. The van der Waals surface area contributed by atoms with Gasteiger partial charge in [-0.05, 0) is 43.2 Å². The first-order valence-corrected chi connectivity index (χ1v) is 10.0. The summed E-state index contributed by atoms with van der Waals surface area (Å²) in [5, 5.41) is 3.41. The number of benzene rings is 1. The highest BCUT2D eigenvalue weighted by Gasteiger charge is 2.24. The topological polar surface area (TPSA) is 75.2 Å². The predicted molar refractivity (Wildman–Crippen MR) is 111 cm³/mol. The Bertz CT molecular complexity index is 1050. The Morgan fingerprint density at radius 2 is 2.14 bits per heavy atom. The number of nitrogens with one attached hydrogen (secondary N) is 1. The Balaban J connectivity index is 1.58. The molecule has 0 spiro atoms. The predicted octanol–water partition coefficient (Wildman–Crippen LogP) is 4.06. The summed E-state index contributed by atoms with van der Waals surface area (Å²) in [7, 11) is 0. The minimum Gasteiger partial charge on any atom is -0.312 e. The van der Waals surface area contributed by atoms with Crippen molar-refractivity contribution in [2.45, 2.75) is 26.7 Å². The molecule has 1 aliphatic heterocycles. The van der Waals surface area contributed by atoms with Crippen LogP contribution in [0.1, 0.15) is 34.1 Å². The van der Waals surface area contributed by atoms with E-state index in [4.69, 9.17) is 0 Å². The van der Waals surface area contributed by atoms with E-state index in [1.54, 1.807) is 18.3 Å². The first-order valence-electron chi connectivity index (χ1n) is 9.19. The fraction of sp³-hybridized carbons (Fsp3) is 0.238. The van der Waals surface area contributed by atoms with Crippen LogP contribution in [0.2, 0.25) is 0 Å². The number of anilines is 2. The van der Waals surface area contributed by atoms with Crippen LogP contribution in [0.15, 0.2) is 42.7 Å². The summed E-state index contributed by atoms with van der Waals surface area (Å²) in [6.45, 7) is 4.61. The highest BCUT2D eigenvalue weighted by atomic mass is 32.1. The minimum atomic E-state index is -0.226. The van der Waals surface area contributed by atoms with Gasteiger partial charge in [0.2, 0.25) is 5.91 Å². The Kier molecular flexibility index (Phi) is 4.92. The third-order valence-corrected chi connectivity index (χ3v) is 5.68. The fourth-order valence-corrected chi connectivity index (χ4v) is 4.21. The number of nitrogens with zero attached hydrogens (tertiary/aromatic N) is 3. The third-order valence-electron chi connectivity index (χ3n) is 4.79. The highest BCUT2D eigenvalue weighted by Crippen LogP contribution is 2.36. The summed E-state index contributed by atoms with van der Waals surface area (Å²) in [5.41, 5.74) is 4.51. The summed E-state index contributed by atoms with van der Waals surface area (Å²) in [4.78, 5) is 35.9. The number of hydrogen-bond acceptors (Lipinski definition) is 5. The maximum absolute atomic E-state index is 12.3. The van der Waals surface area contributed by atoms with Gasteiger partial charge in [0.05, 0.1) is 11.3 Å². The number of aromatic nitrogens is 2. The lowest BCUT2D eigenvalue weighted by molar-refractivity contribution is -0.118. The van der Waals surface area contributed by atoms with Crippen molar-refractivity contribution < 1.29 is 9.59 Å². The van der Waals surface area contributed by atoms with Crippen molar-refractivity contribution in [2.75, 3.05) is 16.8 Å². The van der Waals surface area contributed by atoms with Crippen molar-refractivity contribution >= 4 is 34.0 Å². The van der Waals surface area contributed by atoms with Crippen LogP contribution in [0.25, 0.3) is 11.3 Å². The lowest BCUT2D eigenvalue weighted by Gasteiger charge is -2.16. The number of hydrogen-bond donors (Lipinski definition) is 1. The molecule has 0 atom stereocenters. The van der Waals surface area contributed by atoms with Gasteiger partial charge >= 0.3 is 0 Å². The van der Waals surface area contributed by atoms with Crippen LogP contribution in [-0.2, 0) is 11.2 Å². The lowest BCUT2D eigenvalue weighted by atomic mass is 10.1. The van der Waals surface area contributed by atoms with Crippen molar-refractivity contribution in [3.8, 4) is 11.3 Å². The Labute approximate surface area is 167 Å². The molecule has 3 heterocycles. The van der Waals surface area contributed by atoms with Crippen molar-refractivity contribution in [3.63, 3.8) is 0 Å². The van der Waals surface area contributed by atoms with E-state index in [0.717, 1.165) is 40.4 Å². The first kappa shape index (κ1) is 18.3. The normalized spacial score (nSPS) is 12.7. The number of thiazole rings is 1. The molecule has 0 fully saturated rings. The average Bonchev–Trinajstić information content (AvgIpc) is 3.30. The number of amides is 2. The molecule has 0 radical (unpaired) electrons. The largest absolute Gasteiger partial charge is 0.312 e. The maximum atomic E-state index is 12.3. The molecule has 2 aromatic heterocycles. The van der Waals surface area contributed by atoms with Crippen LogP contribution in [-0.4, -0.2) is 28.3 Å². The molecule has 7 heteroatoms. The van der Waals surface area contributed by atoms with Gasteiger partial charge in [0.15, 0.2) is 5.13 Å². The Hall–Kier alpha value is -3.06. The van der Waals surface area contributed by atoms with Gasteiger partial charge < -0.3 is 4.90 Å². The zero-order valence-corrected chi connectivity index (χ0v) is 16.5. The maximum Gasteiger partial charge on any atom is 0.259 e. The highest BCUT2D eigenvalue weighted by molar-refractivity contribution is 7.16. The fourth-order valence-electron chi connectivity index (χ4n) is 3.38. The Morgan fingerprint density at radius 1 is 1.29 bits per heavy atom.